The Kier molecular flexibility index (Phi) is 6.14. The average Bonchev–Trinajstić information content (AvgIpc) is 3.16. The molecular formula is C17H20F2N6O4S2. The molecule has 0 saturated carbocycles. The van der Waals surface area contributed by atoms with E-state index in [2.05, 4.69) is 25.0 Å². The molecule has 0 saturated heterocycles. The second-order valence-corrected chi connectivity index (χ2v) is 9.78. The minimum absolute atomic E-state index is 0.0436. The van der Waals surface area contributed by atoms with Crippen LogP contribution in [0.1, 0.15) is 35.8 Å². The number of amides is 1. The van der Waals surface area contributed by atoms with E-state index in [1.54, 1.807) is 13.8 Å². The monoisotopic (exact) mass is 474 g/mol. The average molecular weight is 475 g/mol. The number of hydrogen-bond donors (Lipinski definition) is 2. The topological polar surface area (TPSA) is 140 Å². The lowest BCUT2D eigenvalue weighted by molar-refractivity contribution is -0.0500. The first-order valence-corrected chi connectivity index (χ1v) is 11.4. The number of pyridine rings is 1. The highest BCUT2D eigenvalue weighted by Crippen LogP contribution is 2.41. The Balaban J connectivity index is 1.83. The fraction of sp³-hybridized carbons (Fsp3) is 0.412. The Morgan fingerprint density at radius 2 is 2.16 bits per heavy atom. The van der Waals surface area contributed by atoms with E-state index in [9.17, 15) is 22.0 Å². The van der Waals surface area contributed by atoms with Gasteiger partial charge in [0, 0.05) is 12.4 Å². The molecule has 2 aromatic heterocycles. The highest BCUT2D eigenvalue weighted by atomic mass is 32.2. The number of carbonyl (C=O) groups excluding carboxylic acids is 1. The Bertz CT molecular complexity index is 1110. The summed E-state index contributed by atoms with van der Waals surface area (Å²) in [6, 6.07) is 2.41. The second kappa shape index (κ2) is 8.34. The van der Waals surface area contributed by atoms with Gasteiger partial charge in [-0.2, -0.15) is 8.78 Å². The summed E-state index contributed by atoms with van der Waals surface area (Å²) < 4.78 is 55.2. The van der Waals surface area contributed by atoms with E-state index in [-0.39, 0.29) is 29.6 Å². The normalized spacial score (nSPS) is 22.8. The molecule has 0 aromatic carbocycles. The van der Waals surface area contributed by atoms with E-state index in [1.165, 1.54) is 24.6 Å². The van der Waals surface area contributed by atoms with Crippen molar-refractivity contribution in [3.8, 4) is 5.75 Å². The van der Waals surface area contributed by atoms with Crippen LogP contribution in [-0.2, 0) is 15.6 Å². The van der Waals surface area contributed by atoms with Crippen molar-refractivity contribution >= 4 is 39.0 Å². The summed E-state index contributed by atoms with van der Waals surface area (Å²) in [7, 11) is -2.40. The maximum absolute atomic E-state index is 12.8. The number of hydrogen-bond acceptors (Lipinski definition) is 9. The Labute approximate surface area is 181 Å². The van der Waals surface area contributed by atoms with Crippen LogP contribution in [0.2, 0.25) is 0 Å². The van der Waals surface area contributed by atoms with Crippen molar-refractivity contribution < 1.29 is 26.7 Å². The molecule has 0 aliphatic carbocycles. The standard InChI is InChI=1S/C17H20F2N6O4S2/c1-4-11-17(2,24-16(20)25(3)31(11,27)28)14-23-12(8-30-14)22-13(26)10-6-5-9(7-21-10)29-15(18)19/h5-8,11,15H,4H2,1-3H3,(H2,20,24)(H,22,26)/t11-,17+/m0/s1. The largest absolute Gasteiger partial charge is 0.433 e. The van der Waals surface area contributed by atoms with Gasteiger partial charge in [0.25, 0.3) is 5.91 Å². The number of guanidine groups is 1. The van der Waals surface area contributed by atoms with E-state index in [4.69, 9.17) is 5.73 Å². The minimum atomic E-state index is -3.75. The zero-order valence-corrected chi connectivity index (χ0v) is 18.4. The second-order valence-electron chi connectivity index (χ2n) is 6.78. The van der Waals surface area contributed by atoms with Crippen molar-refractivity contribution in [3.63, 3.8) is 0 Å². The van der Waals surface area contributed by atoms with Gasteiger partial charge in [-0.3, -0.25) is 4.79 Å². The molecule has 3 heterocycles. The van der Waals surface area contributed by atoms with Crippen molar-refractivity contribution in [2.75, 3.05) is 12.4 Å². The van der Waals surface area contributed by atoms with Gasteiger partial charge < -0.3 is 15.8 Å². The van der Waals surface area contributed by atoms with E-state index in [0.29, 0.717) is 5.01 Å². The maximum Gasteiger partial charge on any atom is 0.387 e. The van der Waals surface area contributed by atoms with Crippen molar-refractivity contribution in [3.05, 3.63) is 34.4 Å². The molecule has 0 fully saturated rings. The first-order chi connectivity index (χ1) is 14.5. The van der Waals surface area contributed by atoms with Gasteiger partial charge in [-0.25, -0.2) is 27.7 Å². The van der Waals surface area contributed by atoms with E-state index < -0.39 is 33.3 Å². The molecule has 2 aromatic rings. The van der Waals surface area contributed by atoms with E-state index in [1.807, 2.05) is 0 Å². The summed E-state index contributed by atoms with van der Waals surface area (Å²) in [4.78, 5) is 24.9. The summed E-state index contributed by atoms with van der Waals surface area (Å²) in [6.45, 7) is 0.365. The Hall–Kier alpha value is -2.87. The number of halogens is 2. The summed E-state index contributed by atoms with van der Waals surface area (Å²) in [5.74, 6) is -0.791. The molecular weight excluding hydrogens is 454 g/mol. The quantitative estimate of drug-likeness (QED) is 0.652. The van der Waals surface area contributed by atoms with Crippen LogP contribution in [0.25, 0.3) is 0 Å². The van der Waals surface area contributed by atoms with Gasteiger partial charge in [-0.15, -0.1) is 11.3 Å². The number of alkyl halides is 2. The van der Waals surface area contributed by atoms with Gasteiger partial charge in [0.05, 0.1) is 6.20 Å². The fourth-order valence-corrected chi connectivity index (χ4v) is 6.05. The molecule has 168 valence electrons. The Morgan fingerprint density at radius 1 is 1.45 bits per heavy atom. The lowest BCUT2D eigenvalue weighted by Crippen LogP contribution is -2.56. The number of ether oxygens (including phenoxy) is 1. The van der Waals surface area contributed by atoms with Gasteiger partial charge >= 0.3 is 6.61 Å². The molecule has 0 bridgehead atoms. The maximum atomic E-state index is 12.8. The molecule has 2 atom stereocenters. The van der Waals surface area contributed by atoms with Crippen LogP contribution in [0, 0.1) is 0 Å². The van der Waals surface area contributed by atoms with Crippen molar-refractivity contribution in [2.24, 2.45) is 10.7 Å². The zero-order chi connectivity index (χ0) is 23.0. The van der Waals surface area contributed by atoms with Crippen LogP contribution in [0.4, 0.5) is 14.6 Å². The molecule has 1 aliphatic rings. The number of sulfonamides is 1. The van der Waals surface area contributed by atoms with Crippen molar-refractivity contribution in [2.45, 2.75) is 37.7 Å². The molecule has 0 radical (unpaired) electrons. The molecule has 0 unspecified atom stereocenters. The predicted octanol–water partition coefficient (Wildman–Crippen LogP) is 1.98. The predicted molar refractivity (Wildman–Crippen MR) is 111 cm³/mol. The number of aromatic nitrogens is 2. The van der Waals surface area contributed by atoms with E-state index in [0.717, 1.165) is 21.8 Å². The molecule has 1 aliphatic heterocycles. The summed E-state index contributed by atoms with van der Waals surface area (Å²) in [5, 5.41) is 3.55. The summed E-state index contributed by atoms with van der Waals surface area (Å²) in [5.41, 5.74) is 4.55. The smallest absolute Gasteiger partial charge is 0.387 e. The third-order valence-corrected chi connectivity index (χ3v) is 8.31. The van der Waals surface area contributed by atoms with Gasteiger partial charge in [0.15, 0.2) is 0 Å². The first-order valence-electron chi connectivity index (χ1n) is 9.00. The fourth-order valence-electron chi connectivity index (χ4n) is 3.22. The number of carbonyl (C=O) groups is 1. The molecule has 10 nitrogen and oxygen atoms in total. The van der Waals surface area contributed by atoms with Crippen LogP contribution in [0.3, 0.4) is 0 Å². The summed E-state index contributed by atoms with van der Waals surface area (Å²) in [6.07, 6.45) is 1.28. The van der Waals surface area contributed by atoms with Crippen molar-refractivity contribution in [1.82, 2.24) is 14.3 Å². The number of anilines is 1. The van der Waals surface area contributed by atoms with Crippen LogP contribution < -0.4 is 15.8 Å². The summed E-state index contributed by atoms with van der Waals surface area (Å²) >= 11 is 1.13. The number of aliphatic imine (C=N–C) groups is 1. The number of rotatable bonds is 6. The molecule has 3 rings (SSSR count). The third kappa shape index (κ3) is 4.30. The number of nitrogens with one attached hydrogen (secondary N) is 1. The van der Waals surface area contributed by atoms with E-state index >= 15 is 0 Å². The van der Waals surface area contributed by atoms with Gasteiger partial charge in [0.2, 0.25) is 16.0 Å². The van der Waals surface area contributed by atoms with Crippen LogP contribution in [-0.4, -0.2) is 53.5 Å². The van der Waals surface area contributed by atoms with Gasteiger partial charge in [-0.05, 0) is 25.5 Å². The SMILES string of the molecule is CC[C@H]1[C@](C)(c2nc(NC(=O)c3ccc(OC(F)F)cn3)cs2)N=C(N)N(C)S1(=O)=O. The molecule has 31 heavy (non-hydrogen) atoms. The van der Waals surface area contributed by atoms with Gasteiger partial charge in [-0.1, -0.05) is 6.92 Å². The van der Waals surface area contributed by atoms with Crippen molar-refractivity contribution in [1.29, 1.82) is 0 Å². The zero-order valence-electron chi connectivity index (χ0n) is 16.7. The van der Waals surface area contributed by atoms with Crippen LogP contribution in [0.15, 0.2) is 28.7 Å². The van der Waals surface area contributed by atoms with Crippen LogP contribution in [0.5, 0.6) is 5.75 Å². The lowest BCUT2D eigenvalue weighted by atomic mass is 9.97. The molecule has 3 N–H and O–H groups in total. The number of thiazole rings is 1. The molecule has 0 spiro atoms. The minimum Gasteiger partial charge on any atom is -0.433 e. The first kappa shape index (κ1) is 22.8. The third-order valence-electron chi connectivity index (χ3n) is 4.78. The highest BCUT2D eigenvalue weighted by Gasteiger charge is 2.51. The van der Waals surface area contributed by atoms with Crippen LogP contribution >= 0.6 is 11.3 Å². The highest BCUT2D eigenvalue weighted by molar-refractivity contribution is 7.90. The Morgan fingerprint density at radius 3 is 2.74 bits per heavy atom. The number of nitrogens with two attached hydrogens (primary N) is 1. The van der Waals surface area contributed by atoms with Gasteiger partial charge in [0.1, 0.15) is 33.1 Å². The molecule has 14 heteroatoms. The molecule has 1 amide bonds. The lowest BCUT2D eigenvalue weighted by Gasteiger charge is -2.39. The number of nitrogens with zero attached hydrogens (tertiary/aromatic N) is 4.